The maximum atomic E-state index is 12.7. The lowest BCUT2D eigenvalue weighted by Gasteiger charge is -2.20. The molecule has 5 nitrogen and oxygen atoms in total. The van der Waals surface area contributed by atoms with Crippen molar-refractivity contribution in [3.05, 3.63) is 53.6 Å². The van der Waals surface area contributed by atoms with Crippen LogP contribution in [0.5, 0.6) is 0 Å². The van der Waals surface area contributed by atoms with Gasteiger partial charge in [-0.15, -0.1) is 0 Å². The van der Waals surface area contributed by atoms with Crippen molar-refractivity contribution in [3.63, 3.8) is 0 Å². The van der Waals surface area contributed by atoms with Crippen LogP contribution < -0.4 is 0 Å². The van der Waals surface area contributed by atoms with E-state index in [-0.39, 0.29) is 5.91 Å². The number of hydrogen-bond acceptors (Lipinski definition) is 3. The summed E-state index contributed by atoms with van der Waals surface area (Å²) in [6.45, 7) is 5.49. The summed E-state index contributed by atoms with van der Waals surface area (Å²) in [5.41, 5.74) is 1.47. The van der Waals surface area contributed by atoms with E-state index in [4.69, 9.17) is 0 Å². The summed E-state index contributed by atoms with van der Waals surface area (Å²) in [4.78, 5) is 18.7. The van der Waals surface area contributed by atoms with E-state index in [2.05, 4.69) is 21.4 Å². The quantitative estimate of drug-likeness (QED) is 0.817. The van der Waals surface area contributed by atoms with E-state index in [1.807, 2.05) is 29.6 Å². The Morgan fingerprint density at radius 2 is 2.00 bits per heavy atom. The molecule has 0 aliphatic carbocycles. The van der Waals surface area contributed by atoms with Crippen molar-refractivity contribution in [2.75, 3.05) is 6.54 Å². The fourth-order valence-corrected chi connectivity index (χ4v) is 2.66. The molecule has 3 rings (SSSR count). The zero-order valence-corrected chi connectivity index (χ0v) is 14.0. The van der Waals surface area contributed by atoms with Gasteiger partial charge in [0.25, 0.3) is 5.91 Å². The van der Waals surface area contributed by atoms with Gasteiger partial charge < -0.3 is 14.6 Å². The second-order valence-corrected chi connectivity index (χ2v) is 6.55. The van der Waals surface area contributed by atoms with Gasteiger partial charge in [-0.2, -0.15) is 0 Å². The van der Waals surface area contributed by atoms with Gasteiger partial charge in [0.1, 0.15) is 5.60 Å². The average molecular weight is 323 g/mol. The Kier molecular flexibility index (Phi) is 4.41. The van der Waals surface area contributed by atoms with Crippen LogP contribution in [0.3, 0.4) is 0 Å². The number of imidazole rings is 1. The first kappa shape index (κ1) is 16.3. The lowest BCUT2D eigenvalue weighted by molar-refractivity contribution is 0.0745. The predicted molar refractivity (Wildman–Crippen MR) is 91.2 cm³/mol. The maximum Gasteiger partial charge on any atom is 0.254 e. The SMILES string of the molecule is CC(C)(O)C#Cc1ccc(C(=O)N2CCCn3cncc3C2)cc1. The number of aryl methyl sites for hydroxylation is 1. The minimum absolute atomic E-state index is 0.0200. The zero-order chi connectivity index (χ0) is 17.2. The van der Waals surface area contributed by atoms with Gasteiger partial charge in [0.2, 0.25) is 0 Å². The average Bonchev–Trinajstić information content (AvgIpc) is 2.89. The van der Waals surface area contributed by atoms with Crippen molar-refractivity contribution in [2.45, 2.75) is 39.0 Å². The van der Waals surface area contributed by atoms with Crippen LogP contribution in [0.1, 0.15) is 41.9 Å². The Balaban J connectivity index is 1.74. The van der Waals surface area contributed by atoms with Crippen LogP contribution in [0.4, 0.5) is 0 Å². The Labute approximate surface area is 141 Å². The molecule has 2 aromatic rings. The number of rotatable bonds is 1. The van der Waals surface area contributed by atoms with Gasteiger partial charge in [0.15, 0.2) is 0 Å². The van der Waals surface area contributed by atoms with Gasteiger partial charge in [0, 0.05) is 30.4 Å². The third-order valence-electron chi connectivity index (χ3n) is 3.91. The molecule has 5 heteroatoms. The number of amides is 1. The molecule has 0 unspecified atom stereocenters. The molecule has 124 valence electrons. The van der Waals surface area contributed by atoms with Crippen LogP contribution in [0.25, 0.3) is 0 Å². The van der Waals surface area contributed by atoms with Crippen molar-refractivity contribution in [2.24, 2.45) is 0 Å². The first-order valence-corrected chi connectivity index (χ1v) is 8.06. The van der Waals surface area contributed by atoms with E-state index in [1.54, 1.807) is 26.0 Å². The molecule has 0 saturated carbocycles. The van der Waals surface area contributed by atoms with Gasteiger partial charge in [-0.25, -0.2) is 4.98 Å². The molecule has 1 aromatic carbocycles. The normalized spacial score (nSPS) is 14.4. The molecule has 1 N–H and O–H groups in total. The summed E-state index contributed by atoms with van der Waals surface area (Å²) in [5.74, 6) is 5.70. The standard InChI is InChI=1S/C19H21N3O2/c1-19(2,24)9-8-15-4-6-16(7-5-15)18(23)21-10-3-11-22-14-20-12-17(22)13-21/h4-7,12,14,24H,3,10-11,13H2,1-2H3. The zero-order valence-electron chi connectivity index (χ0n) is 14.0. The first-order valence-electron chi connectivity index (χ1n) is 8.06. The van der Waals surface area contributed by atoms with E-state index in [9.17, 15) is 9.90 Å². The minimum Gasteiger partial charge on any atom is -0.378 e. The van der Waals surface area contributed by atoms with Crippen LogP contribution in [0.15, 0.2) is 36.8 Å². The molecule has 0 bridgehead atoms. The summed E-state index contributed by atoms with van der Waals surface area (Å²) < 4.78 is 2.10. The molecule has 0 radical (unpaired) electrons. The van der Waals surface area contributed by atoms with E-state index >= 15 is 0 Å². The number of benzene rings is 1. The van der Waals surface area contributed by atoms with Gasteiger partial charge in [-0.05, 0) is 44.5 Å². The molecular formula is C19H21N3O2. The van der Waals surface area contributed by atoms with Crippen LogP contribution in [-0.4, -0.2) is 37.6 Å². The molecule has 0 saturated heterocycles. The van der Waals surface area contributed by atoms with Gasteiger partial charge in [-0.1, -0.05) is 11.8 Å². The largest absolute Gasteiger partial charge is 0.378 e. The Hall–Kier alpha value is -2.58. The van der Waals surface area contributed by atoms with Crippen LogP contribution >= 0.6 is 0 Å². The highest BCUT2D eigenvalue weighted by atomic mass is 16.3. The van der Waals surface area contributed by atoms with Crippen molar-refractivity contribution in [1.29, 1.82) is 0 Å². The third-order valence-corrected chi connectivity index (χ3v) is 3.91. The van der Waals surface area contributed by atoms with Gasteiger partial charge in [-0.3, -0.25) is 4.79 Å². The summed E-state index contributed by atoms with van der Waals surface area (Å²) >= 11 is 0. The Morgan fingerprint density at radius 3 is 2.71 bits per heavy atom. The van der Waals surface area contributed by atoms with Gasteiger partial charge in [0.05, 0.1) is 18.6 Å². The van der Waals surface area contributed by atoms with Crippen LogP contribution in [-0.2, 0) is 13.1 Å². The first-order chi connectivity index (χ1) is 11.4. The number of aromatic nitrogens is 2. The predicted octanol–water partition coefficient (Wildman–Crippen LogP) is 2.05. The lowest BCUT2D eigenvalue weighted by atomic mass is 10.1. The molecule has 0 fully saturated rings. The maximum absolute atomic E-state index is 12.7. The molecule has 2 heterocycles. The lowest BCUT2D eigenvalue weighted by Crippen LogP contribution is -2.30. The molecule has 0 atom stereocenters. The summed E-state index contributed by atoms with van der Waals surface area (Å²) in [6, 6.07) is 7.21. The number of fused-ring (bicyclic) bond motifs is 1. The molecule has 1 aromatic heterocycles. The minimum atomic E-state index is -1.02. The van der Waals surface area contributed by atoms with Crippen LogP contribution in [0, 0.1) is 11.8 Å². The number of aliphatic hydroxyl groups is 1. The highest BCUT2D eigenvalue weighted by molar-refractivity contribution is 5.94. The molecule has 24 heavy (non-hydrogen) atoms. The molecule has 0 spiro atoms. The molecule has 1 aliphatic rings. The fourth-order valence-electron chi connectivity index (χ4n) is 2.66. The monoisotopic (exact) mass is 323 g/mol. The highest BCUT2D eigenvalue weighted by Crippen LogP contribution is 2.15. The van der Waals surface area contributed by atoms with E-state index in [1.165, 1.54) is 0 Å². The van der Waals surface area contributed by atoms with Crippen molar-refractivity contribution in [3.8, 4) is 11.8 Å². The van der Waals surface area contributed by atoms with Crippen molar-refractivity contribution in [1.82, 2.24) is 14.5 Å². The van der Waals surface area contributed by atoms with Crippen LogP contribution in [0.2, 0.25) is 0 Å². The number of nitrogens with zero attached hydrogens (tertiary/aromatic N) is 3. The topological polar surface area (TPSA) is 58.4 Å². The summed E-state index contributed by atoms with van der Waals surface area (Å²) in [5, 5.41) is 9.64. The Morgan fingerprint density at radius 1 is 1.25 bits per heavy atom. The summed E-state index contributed by atoms with van der Waals surface area (Å²) in [6.07, 6.45) is 4.56. The third kappa shape index (κ3) is 3.84. The molecule has 1 aliphatic heterocycles. The van der Waals surface area contributed by atoms with Crippen molar-refractivity contribution < 1.29 is 9.90 Å². The Bertz CT molecular complexity index is 788. The highest BCUT2D eigenvalue weighted by Gasteiger charge is 2.20. The van der Waals surface area contributed by atoms with E-state index < -0.39 is 5.60 Å². The smallest absolute Gasteiger partial charge is 0.254 e. The second kappa shape index (κ2) is 6.50. The second-order valence-electron chi connectivity index (χ2n) is 6.55. The number of hydrogen-bond donors (Lipinski definition) is 1. The van der Waals surface area contributed by atoms with E-state index in [0.29, 0.717) is 12.1 Å². The van der Waals surface area contributed by atoms with Gasteiger partial charge >= 0.3 is 0 Å². The fraction of sp³-hybridized carbons (Fsp3) is 0.368. The van der Waals surface area contributed by atoms with E-state index in [0.717, 1.165) is 30.8 Å². The summed E-state index contributed by atoms with van der Waals surface area (Å²) in [7, 11) is 0. The van der Waals surface area contributed by atoms with Crippen molar-refractivity contribution >= 4 is 5.91 Å². The molecular weight excluding hydrogens is 302 g/mol. The number of carbonyl (C=O) groups excluding carboxylic acids is 1. The molecule has 1 amide bonds. The number of carbonyl (C=O) groups is 1.